The second kappa shape index (κ2) is 10.5. The summed E-state index contributed by atoms with van der Waals surface area (Å²) in [7, 11) is -8.71. The SMILES string of the molecule is CC1=NN(c2ccc(S(=O)(=O)O)cc2)C(=O)/C1=C/C=C/C=C\[C@H]1C(=O)N(c2ccc(S(=O)(=O)O)cc2)N=C1C. The van der Waals surface area contributed by atoms with Gasteiger partial charge in [-0.1, -0.05) is 24.3 Å². The molecule has 0 unspecified atom stereocenters. The molecule has 2 heterocycles. The van der Waals surface area contributed by atoms with Gasteiger partial charge in [0.2, 0.25) is 0 Å². The average molecular weight is 571 g/mol. The molecule has 14 heteroatoms. The van der Waals surface area contributed by atoms with Crippen LogP contribution in [0.1, 0.15) is 13.8 Å². The number of benzene rings is 2. The number of anilines is 2. The van der Waals surface area contributed by atoms with Crippen LogP contribution in [0.2, 0.25) is 0 Å². The van der Waals surface area contributed by atoms with Gasteiger partial charge in [-0.2, -0.15) is 37.1 Å². The number of nitrogens with zero attached hydrogens (tertiary/aromatic N) is 4. The van der Waals surface area contributed by atoms with Crippen LogP contribution in [0.3, 0.4) is 0 Å². The predicted octanol–water partition coefficient (Wildman–Crippen LogP) is 2.98. The molecule has 2 aromatic rings. The van der Waals surface area contributed by atoms with E-state index in [1.165, 1.54) is 48.5 Å². The first-order valence-corrected chi connectivity index (χ1v) is 14.1. The smallest absolute Gasteiger partial charge is 0.282 e. The van der Waals surface area contributed by atoms with E-state index in [1.54, 1.807) is 44.2 Å². The summed E-state index contributed by atoms with van der Waals surface area (Å²) in [5, 5.41) is 10.7. The molecule has 0 saturated heterocycles. The quantitative estimate of drug-likeness (QED) is 0.290. The third-order valence-corrected chi connectivity index (χ3v) is 7.53. The van der Waals surface area contributed by atoms with Crippen molar-refractivity contribution in [3.63, 3.8) is 0 Å². The van der Waals surface area contributed by atoms with Gasteiger partial charge in [-0.05, 0) is 68.5 Å². The predicted molar refractivity (Wildman–Crippen MR) is 144 cm³/mol. The Morgan fingerprint density at radius 3 is 1.77 bits per heavy atom. The van der Waals surface area contributed by atoms with Gasteiger partial charge in [-0.25, -0.2) is 0 Å². The fourth-order valence-corrected chi connectivity index (χ4v) is 4.74. The van der Waals surface area contributed by atoms with Crippen LogP contribution in [0, 0.1) is 5.92 Å². The van der Waals surface area contributed by atoms with Crippen molar-refractivity contribution in [1.29, 1.82) is 0 Å². The van der Waals surface area contributed by atoms with E-state index in [9.17, 15) is 26.4 Å². The molecule has 2 aliphatic heterocycles. The minimum absolute atomic E-state index is 0.298. The fraction of sp³-hybridized carbons (Fsp3) is 0.120. The molecule has 202 valence electrons. The largest absolute Gasteiger partial charge is 0.294 e. The number of rotatable bonds is 7. The normalized spacial score (nSPS) is 19.6. The molecular formula is C25H22N4O8S2. The van der Waals surface area contributed by atoms with Gasteiger partial charge >= 0.3 is 0 Å². The van der Waals surface area contributed by atoms with Crippen LogP contribution in [0.5, 0.6) is 0 Å². The van der Waals surface area contributed by atoms with Crippen molar-refractivity contribution >= 4 is 54.8 Å². The summed E-state index contributed by atoms with van der Waals surface area (Å²) < 4.78 is 63.1. The Kier molecular flexibility index (Phi) is 7.48. The van der Waals surface area contributed by atoms with Crippen LogP contribution >= 0.6 is 0 Å². The van der Waals surface area contributed by atoms with Gasteiger partial charge in [0.25, 0.3) is 32.1 Å². The zero-order valence-corrected chi connectivity index (χ0v) is 22.2. The molecule has 0 bridgehead atoms. The second-order valence-electron chi connectivity index (χ2n) is 8.46. The standard InChI is InChI=1S/C25H22N4O8S2/c1-16-22(24(30)28(26-16)18-8-12-20(13-9-18)38(32,33)34)6-4-3-5-7-23-17(2)27-29(25(23)31)19-10-14-21(15-11-19)39(35,36)37/h3-15,22H,1-2H3,(H,32,33,34)(H,35,36,37)/b5-3+,6-4-,23-7+/t22-/m1/s1. The molecule has 2 aromatic carbocycles. The van der Waals surface area contributed by atoms with Gasteiger partial charge in [0.1, 0.15) is 0 Å². The Hall–Kier alpha value is -4.24. The summed E-state index contributed by atoms with van der Waals surface area (Å²) in [5.41, 5.74) is 1.94. The summed E-state index contributed by atoms with van der Waals surface area (Å²) in [6.07, 6.45) is 8.04. The summed E-state index contributed by atoms with van der Waals surface area (Å²) >= 11 is 0. The molecule has 0 aliphatic carbocycles. The molecule has 2 aliphatic rings. The number of carbonyl (C=O) groups excluding carboxylic acids is 2. The van der Waals surface area contributed by atoms with Crippen molar-refractivity contribution in [2.45, 2.75) is 23.6 Å². The molecule has 0 spiro atoms. The van der Waals surface area contributed by atoms with Crippen molar-refractivity contribution in [3.8, 4) is 0 Å². The Morgan fingerprint density at radius 2 is 1.26 bits per heavy atom. The van der Waals surface area contributed by atoms with E-state index in [-0.39, 0.29) is 15.7 Å². The third kappa shape index (κ3) is 5.93. The highest BCUT2D eigenvalue weighted by atomic mass is 32.2. The molecule has 39 heavy (non-hydrogen) atoms. The van der Waals surface area contributed by atoms with Crippen LogP contribution in [0.25, 0.3) is 0 Å². The average Bonchev–Trinajstić information content (AvgIpc) is 3.32. The van der Waals surface area contributed by atoms with E-state index in [2.05, 4.69) is 10.2 Å². The fourth-order valence-electron chi connectivity index (χ4n) is 3.78. The maximum absolute atomic E-state index is 12.8. The van der Waals surface area contributed by atoms with Gasteiger partial charge in [0.15, 0.2) is 0 Å². The van der Waals surface area contributed by atoms with Crippen LogP contribution in [0.4, 0.5) is 11.4 Å². The van der Waals surface area contributed by atoms with E-state index in [4.69, 9.17) is 9.11 Å². The van der Waals surface area contributed by atoms with Gasteiger partial charge in [-0.15, -0.1) is 0 Å². The third-order valence-electron chi connectivity index (χ3n) is 5.79. The van der Waals surface area contributed by atoms with E-state index >= 15 is 0 Å². The first-order chi connectivity index (χ1) is 18.3. The van der Waals surface area contributed by atoms with Crippen molar-refractivity contribution in [2.24, 2.45) is 16.1 Å². The number of hydrazone groups is 2. The zero-order valence-electron chi connectivity index (χ0n) is 20.5. The Morgan fingerprint density at radius 1 is 0.744 bits per heavy atom. The monoisotopic (exact) mass is 570 g/mol. The van der Waals surface area contributed by atoms with Crippen molar-refractivity contribution in [3.05, 3.63) is 84.5 Å². The number of hydrogen-bond acceptors (Lipinski definition) is 8. The molecule has 2 amide bonds. The minimum atomic E-state index is -4.36. The van der Waals surface area contributed by atoms with Crippen molar-refractivity contribution in [2.75, 3.05) is 10.0 Å². The molecule has 0 radical (unpaired) electrons. The Labute approximate surface area is 224 Å². The summed E-state index contributed by atoms with van der Waals surface area (Å²) in [4.78, 5) is 25.1. The summed E-state index contributed by atoms with van der Waals surface area (Å²) in [6, 6.07) is 10.1. The lowest BCUT2D eigenvalue weighted by atomic mass is 10.0. The molecule has 12 nitrogen and oxygen atoms in total. The van der Waals surface area contributed by atoms with Crippen LogP contribution in [-0.2, 0) is 29.8 Å². The molecule has 1 atom stereocenters. The Bertz CT molecular complexity index is 1700. The molecule has 0 fully saturated rings. The molecule has 0 aromatic heterocycles. The van der Waals surface area contributed by atoms with E-state index in [0.717, 1.165) is 10.0 Å². The van der Waals surface area contributed by atoms with Gasteiger partial charge in [-0.3, -0.25) is 18.7 Å². The van der Waals surface area contributed by atoms with E-state index in [1.807, 2.05) is 0 Å². The molecule has 0 saturated carbocycles. The van der Waals surface area contributed by atoms with Crippen molar-refractivity contribution in [1.82, 2.24) is 0 Å². The summed E-state index contributed by atoms with van der Waals surface area (Å²) in [5.74, 6) is -1.42. The number of amides is 2. The lowest BCUT2D eigenvalue weighted by Crippen LogP contribution is -2.25. The van der Waals surface area contributed by atoms with Crippen LogP contribution < -0.4 is 10.0 Å². The lowest BCUT2D eigenvalue weighted by molar-refractivity contribution is -0.118. The highest BCUT2D eigenvalue weighted by Crippen LogP contribution is 2.27. The van der Waals surface area contributed by atoms with Gasteiger partial charge < -0.3 is 0 Å². The van der Waals surface area contributed by atoms with E-state index < -0.39 is 32.1 Å². The lowest BCUT2D eigenvalue weighted by Gasteiger charge is -2.13. The first-order valence-electron chi connectivity index (χ1n) is 11.3. The van der Waals surface area contributed by atoms with Gasteiger partial charge in [0, 0.05) is 0 Å². The number of carbonyl (C=O) groups is 2. The Balaban J connectivity index is 1.41. The maximum Gasteiger partial charge on any atom is 0.294 e. The highest BCUT2D eigenvalue weighted by molar-refractivity contribution is 7.86. The maximum atomic E-state index is 12.8. The second-order valence-corrected chi connectivity index (χ2v) is 11.3. The molecular weight excluding hydrogens is 548 g/mol. The summed E-state index contributed by atoms with van der Waals surface area (Å²) in [6.45, 7) is 3.33. The van der Waals surface area contributed by atoms with Gasteiger partial charge in [0.05, 0.1) is 44.1 Å². The minimum Gasteiger partial charge on any atom is -0.282 e. The number of hydrogen-bond donors (Lipinski definition) is 2. The first kappa shape index (κ1) is 27.8. The van der Waals surface area contributed by atoms with E-state index in [0.29, 0.717) is 28.4 Å². The van der Waals surface area contributed by atoms with Crippen LogP contribution in [0.15, 0.2) is 104 Å². The van der Waals surface area contributed by atoms with Crippen LogP contribution in [-0.4, -0.2) is 49.2 Å². The van der Waals surface area contributed by atoms with Crippen molar-refractivity contribution < 1.29 is 35.5 Å². The number of allylic oxidation sites excluding steroid dienone is 4. The highest BCUT2D eigenvalue weighted by Gasteiger charge is 2.32. The molecule has 4 rings (SSSR count). The molecule has 2 N–H and O–H groups in total. The topological polar surface area (TPSA) is 174 Å². The zero-order chi connectivity index (χ0) is 28.5.